The largest absolute Gasteiger partial charge is 0.449 e. The molecule has 22 heavy (non-hydrogen) atoms. The van der Waals surface area contributed by atoms with Crippen molar-refractivity contribution >= 4 is 12.0 Å². The molecule has 2 aliphatic heterocycles. The quantitative estimate of drug-likeness (QED) is 0.805. The molecule has 0 spiro atoms. The molecule has 3 rings (SSSR count). The summed E-state index contributed by atoms with van der Waals surface area (Å²) in [7, 11) is 0. The van der Waals surface area contributed by atoms with Gasteiger partial charge in [0.15, 0.2) is 0 Å². The van der Waals surface area contributed by atoms with Crippen molar-refractivity contribution < 1.29 is 14.3 Å². The van der Waals surface area contributed by atoms with Crippen LogP contribution in [0.5, 0.6) is 0 Å². The first-order chi connectivity index (χ1) is 10.5. The average Bonchev–Trinajstić information content (AvgIpc) is 3.15. The number of ether oxygens (including phenoxy) is 1. The van der Waals surface area contributed by atoms with Gasteiger partial charge in [-0.25, -0.2) is 4.79 Å². The van der Waals surface area contributed by atoms with Gasteiger partial charge in [0.25, 0.3) is 0 Å². The first-order valence-electron chi connectivity index (χ1n) is 8.76. The first-order valence-corrected chi connectivity index (χ1v) is 8.76. The number of hydrogen-bond acceptors (Lipinski definition) is 3. The predicted octanol–water partition coefficient (Wildman–Crippen LogP) is 2.50. The van der Waals surface area contributed by atoms with Crippen LogP contribution in [0.2, 0.25) is 0 Å². The maximum atomic E-state index is 12.7. The third-order valence-corrected chi connectivity index (χ3v) is 5.33. The lowest BCUT2D eigenvalue weighted by atomic mass is 9.94. The highest BCUT2D eigenvalue weighted by Gasteiger charge is 2.42. The third-order valence-electron chi connectivity index (χ3n) is 5.33. The van der Waals surface area contributed by atoms with E-state index in [1.807, 2.05) is 13.8 Å². The number of likely N-dealkylation sites (tertiary alicyclic amines) is 2. The van der Waals surface area contributed by atoms with E-state index < -0.39 is 0 Å². The van der Waals surface area contributed by atoms with E-state index in [2.05, 4.69) is 4.90 Å². The Balaban J connectivity index is 1.45. The van der Waals surface area contributed by atoms with Crippen LogP contribution in [-0.4, -0.2) is 54.1 Å². The standard InChI is InChI=1S/C17H28N2O3/c1-12(2)11-22-17(21)18-7-5-14(6-8-18)16(20)19-10-13-3-4-15(19)9-13/h12-15H,3-11H2,1-2H3/t13-,15-/m1/s1. The molecule has 1 saturated carbocycles. The Morgan fingerprint density at radius 3 is 2.41 bits per heavy atom. The summed E-state index contributed by atoms with van der Waals surface area (Å²) < 4.78 is 5.27. The fourth-order valence-corrected chi connectivity index (χ4v) is 4.07. The topological polar surface area (TPSA) is 49.9 Å². The number of piperidine rings is 2. The SMILES string of the molecule is CC(C)COC(=O)N1CCC(C(=O)N2C[C@@H]3CC[C@@H]2C3)CC1. The summed E-state index contributed by atoms with van der Waals surface area (Å²) >= 11 is 0. The molecule has 3 aliphatic rings. The second kappa shape index (κ2) is 6.47. The molecule has 0 aromatic heterocycles. The highest BCUT2D eigenvalue weighted by Crippen LogP contribution is 2.38. The highest BCUT2D eigenvalue weighted by atomic mass is 16.6. The zero-order chi connectivity index (χ0) is 15.7. The normalized spacial score (nSPS) is 28.5. The van der Waals surface area contributed by atoms with Gasteiger partial charge in [-0.05, 0) is 43.9 Å². The van der Waals surface area contributed by atoms with Gasteiger partial charge in [0.05, 0.1) is 6.61 Å². The summed E-state index contributed by atoms with van der Waals surface area (Å²) in [5.74, 6) is 1.55. The van der Waals surface area contributed by atoms with Gasteiger partial charge in [0, 0.05) is 31.6 Å². The molecule has 2 heterocycles. The minimum atomic E-state index is -0.222. The highest BCUT2D eigenvalue weighted by molar-refractivity contribution is 5.80. The van der Waals surface area contributed by atoms with E-state index in [1.165, 1.54) is 19.3 Å². The van der Waals surface area contributed by atoms with Gasteiger partial charge in [-0.2, -0.15) is 0 Å². The summed E-state index contributed by atoms with van der Waals surface area (Å²) in [4.78, 5) is 28.5. The molecule has 5 nitrogen and oxygen atoms in total. The summed E-state index contributed by atoms with van der Waals surface area (Å²) in [5.41, 5.74) is 0. The van der Waals surface area contributed by atoms with Crippen molar-refractivity contribution in [2.45, 2.75) is 52.0 Å². The Morgan fingerprint density at radius 2 is 1.86 bits per heavy atom. The van der Waals surface area contributed by atoms with Gasteiger partial charge < -0.3 is 14.5 Å². The molecule has 124 valence electrons. The minimum absolute atomic E-state index is 0.105. The Kier molecular flexibility index (Phi) is 4.59. The molecule has 0 unspecified atom stereocenters. The van der Waals surface area contributed by atoms with E-state index in [4.69, 9.17) is 4.74 Å². The summed E-state index contributed by atoms with van der Waals surface area (Å²) in [5, 5.41) is 0. The zero-order valence-electron chi connectivity index (χ0n) is 13.8. The minimum Gasteiger partial charge on any atom is -0.449 e. The van der Waals surface area contributed by atoms with Crippen LogP contribution in [0.4, 0.5) is 4.79 Å². The van der Waals surface area contributed by atoms with Crippen LogP contribution in [0.25, 0.3) is 0 Å². The lowest BCUT2D eigenvalue weighted by molar-refractivity contribution is -0.138. The number of carbonyl (C=O) groups is 2. The molecule has 3 fully saturated rings. The summed E-state index contributed by atoms with van der Waals surface area (Å²) in [6.07, 6.45) is 5.05. The molecular formula is C17H28N2O3. The lowest BCUT2D eigenvalue weighted by Crippen LogP contribution is -2.46. The fraction of sp³-hybridized carbons (Fsp3) is 0.882. The van der Waals surface area contributed by atoms with Gasteiger partial charge in [-0.1, -0.05) is 13.8 Å². The number of nitrogens with zero attached hydrogens (tertiary/aromatic N) is 2. The van der Waals surface area contributed by atoms with Gasteiger partial charge in [-0.3, -0.25) is 4.79 Å². The van der Waals surface area contributed by atoms with E-state index in [0.717, 1.165) is 25.3 Å². The first kappa shape index (κ1) is 15.6. The number of fused-ring (bicyclic) bond motifs is 2. The Bertz CT molecular complexity index is 430. The van der Waals surface area contributed by atoms with Crippen molar-refractivity contribution in [2.75, 3.05) is 26.2 Å². The van der Waals surface area contributed by atoms with Gasteiger partial charge in [-0.15, -0.1) is 0 Å². The van der Waals surface area contributed by atoms with Gasteiger partial charge in [0.2, 0.25) is 5.91 Å². The molecular weight excluding hydrogens is 280 g/mol. The second-order valence-electron chi connectivity index (χ2n) is 7.56. The predicted molar refractivity (Wildman–Crippen MR) is 83.3 cm³/mol. The number of hydrogen-bond donors (Lipinski definition) is 0. The number of carbonyl (C=O) groups excluding carboxylic acids is 2. The second-order valence-corrected chi connectivity index (χ2v) is 7.56. The molecule has 2 bridgehead atoms. The van der Waals surface area contributed by atoms with Crippen molar-refractivity contribution in [1.82, 2.24) is 9.80 Å². The Labute approximate surface area is 133 Å². The zero-order valence-corrected chi connectivity index (χ0v) is 13.8. The average molecular weight is 308 g/mol. The summed E-state index contributed by atoms with van der Waals surface area (Å²) in [6.45, 7) is 6.79. The van der Waals surface area contributed by atoms with Gasteiger partial charge in [0.1, 0.15) is 0 Å². The van der Waals surface area contributed by atoms with Crippen molar-refractivity contribution in [2.24, 2.45) is 17.8 Å². The molecule has 5 heteroatoms. The molecule has 2 atom stereocenters. The van der Waals surface area contributed by atoms with Crippen LogP contribution in [0, 0.1) is 17.8 Å². The van der Waals surface area contributed by atoms with E-state index in [9.17, 15) is 9.59 Å². The fourth-order valence-electron chi connectivity index (χ4n) is 4.07. The molecule has 0 aromatic carbocycles. The summed E-state index contributed by atoms with van der Waals surface area (Å²) in [6, 6.07) is 0.506. The van der Waals surface area contributed by atoms with Crippen molar-refractivity contribution in [3.05, 3.63) is 0 Å². The van der Waals surface area contributed by atoms with E-state index in [-0.39, 0.29) is 12.0 Å². The van der Waals surface area contributed by atoms with Crippen LogP contribution in [0.15, 0.2) is 0 Å². The van der Waals surface area contributed by atoms with Gasteiger partial charge >= 0.3 is 6.09 Å². The van der Waals surface area contributed by atoms with Crippen LogP contribution in [-0.2, 0) is 9.53 Å². The lowest BCUT2D eigenvalue weighted by Gasteiger charge is -2.35. The molecule has 1 aliphatic carbocycles. The smallest absolute Gasteiger partial charge is 0.409 e. The van der Waals surface area contributed by atoms with Crippen LogP contribution in [0.1, 0.15) is 46.0 Å². The van der Waals surface area contributed by atoms with Crippen molar-refractivity contribution in [1.29, 1.82) is 0 Å². The van der Waals surface area contributed by atoms with Crippen LogP contribution in [0.3, 0.4) is 0 Å². The number of rotatable bonds is 3. The molecule has 0 N–H and O–H groups in total. The number of amides is 2. The maximum absolute atomic E-state index is 12.7. The Morgan fingerprint density at radius 1 is 1.14 bits per heavy atom. The Hall–Kier alpha value is -1.26. The molecule has 0 radical (unpaired) electrons. The molecule has 0 aromatic rings. The van der Waals surface area contributed by atoms with E-state index >= 15 is 0 Å². The van der Waals surface area contributed by atoms with Crippen LogP contribution >= 0.6 is 0 Å². The maximum Gasteiger partial charge on any atom is 0.409 e. The van der Waals surface area contributed by atoms with E-state index in [1.54, 1.807) is 4.90 Å². The molecule has 2 saturated heterocycles. The monoisotopic (exact) mass is 308 g/mol. The molecule has 2 amide bonds. The van der Waals surface area contributed by atoms with Crippen molar-refractivity contribution in [3.8, 4) is 0 Å². The van der Waals surface area contributed by atoms with E-state index in [0.29, 0.717) is 37.6 Å². The van der Waals surface area contributed by atoms with Crippen molar-refractivity contribution in [3.63, 3.8) is 0 Å². The third kappa shape index (κ3) is 3.23. The van der Waals surface area contributed by atoms with Crippen LogP contribution < -0.4 is 0 Å².